The molecule has 3 heterocycles. The van der Waals surface area contributed by atoms with Crippen LogP contribution in [0.4, 0.5) is 5.69 Å². The smallest absolute Gasteiger partial charge is 0.230 e. The van der Waals surface area contributed by atoms with Crippen molar-refractivity contribution in [3.05, 3.63) is 58.3 Å². The molecule has 1 aromatic carbocycles. The lowest BCUT2D eigenvalue weighted by Gasteiger charge is -2.27. The molecule has 4 rings (SSSR count). The van der Waals surface area contributed by atoms with Crippen molar-refractivity contribution in [1.29, 1.82) is 0 Å². The van der Waals surface area contributed by atoms with Crippen LogP contribution in [0.25, 0.3) is 0 Å². The molecule has 0 aliphatic carbocycles. The minimum atomic E-state index is -0.208. The van der Waals surface area contributed by atoms with Gasteiger partial charge in [0.2, 0.25) is 5.91 Å². The number of anilines is 1. The molecule has 1 aromatic heterocycles. The van der Waals surface area contributed by atoms with Crippen LogP contribution < -0.4 is 5.32 Å². The fraction of sp³-hybridized carbons (Fsp3) is 0.333. The third kappa shape index (κ3) is 2.79. The van der Waals surface area contributed by atoms with Crippen LogP contribution in [-0.2, 0) is 9.53 Å². The zero-order chi connectivity index (χ0) is 16.7. The van der Waals surface area contributed by atoms with Crippen molar-refractivity contribution in [3.8, 4) is 0 Å². The number of hydrogen-bond acceptors (Lipinski definition) is 3. The van der Waals surface area contributed by atoms with Crippen molar-refractivity contribution in [2.45, 2.75) is 31.0 Å². The summed E-state index contributed by atoms with van der Waals surface area (Å²) in [5.41, 5.74) is 1.75. The van der Waals surface area contributed by atoms with Gasteiger partial charge in [-0.25, -0.2) is 0 Å². The normalized spacial score (nSPS) is 28.1. The second-order valence-corrected chi connectivity index (χ2v) is 7.05. The van der Waals surface area contributed by atoms with Gasteiger partial charge >= 0.3 is 0 Å². The molecule has 2 fully saturated rings. The quantitative estimate of drug-likeness (QED) is 0.885. The lowest BCUT2D eigenvalue weighted by atomic mass is 9.75. The molecular formula is C18H16Cl2N2O2. The van der Waals surface area contributed by atoms with Crippen LogP contribution in [0.5, 0.6) is 0 Å². The van der Waals surface area contributed by atoms with E-state index in [0.29, 0.717) is 15.7 Å². The predicted octanol–water partition coefficient (Wildman–Crippen LogP) is 4.29. The minimum absolute atomic E-state index is 0.0315. The Labute approximate surface area is 150 Å². The molecule has 0 unspecified atom stereocenters. The molecule has 6 heteroatoms. The highest BCUT2D eigenvalue weighted by Crippen LogP contribution is 2.49. The molecule has 2 aliphatic heterocycles. The van der Waals surface area contributed by atoms with Crippen LogP contribution in [0, 0.1) is 5.92 Å². The first kappa shape index (κ1) is 15.9. The maximum atomic E-state index is 12.9. The first-order valence-corrected chi connectivity index (χ1v) is 8.70. The topological polar surface area (TPSA) is 51.2 Å². The van der Waals surface area contributed by atoms with Crippen LogP contribution in [0.2, 0.25) is 10.0 Å². The number of nitrogens with one attached hydrogen (secondary N) is 1. The maximum Gasteiger partial charge on any atom is 0.230 e. The zero-order valence-corrected chi connectivity index (χ0v) is 14.3. The second-order valence-electron chi connectivity index (χ2n) is 6.24. The van der Waals surface area contributed by atoms with Gasteiger partial charge in [0.25, 0.3) is 0 Å². The summed E-state index contributed by atoms with van der Waals surface area (Å²) in [6, 6.07) is 9.03. The van der Waals surface area contributed by atoms with E-state index in [0.717, 1.165) is 18.4 Å². The van der Waals surface area contributed by atoms with Crippen LogP contribution >= 0.6 is 23.2 Å². The Hall–Kier alpha value is -1.62. The van der Waals surface area contributed by atoms with Gasteiger partial charge in [-0.1, -0.05) is 23.2 Å². The largest absolute Gasteiger partial charge is 0.373 e. The molecule has 2 aromatic rings. The number of fused-ring (bicyclic) bond motifs is 2. The zero-order valence-electron chi connectivity index (χ0n) is 12.8. The number of benzene rings is 1. The molecule has 0 saturated carbocycles. The minimum Gasteiger partial charge on any atom is -0.373 e. The number of ether oxygens (including phenoxy) is 1. The van der Waals surface area contributed by atoms with Gasteiger partial charge in [-0.2, -0.15) is 0 Å². The average Bonchev–Trinajstić information content (AvgIpc) is 3.20. The molecule has 4 nitrogen and oxygen atoms in total. The van der Waals surface area contributed by atoms with Gasteiger partial charge in [0.15, 0.2) is 0 Å². The van der Waals surface area contributed by atoms with E-state index in [-0.39, 0.29) is 30.0 Å². The Balaban J connectivity index is 1.59. The number of halogens is 2. The Morgan fingerprint density at radius 3 is 2.58 bits per heavy atom. The molecular weight excluding hydrogens is 347 g/mol. The van der Waals surface area contributed by atoms with E-state index >= 15 is 0 Å². The van der Waals surface area contributed by atoms with E-state index in [4.69, 9.17) is 27.9 Å². The number of hydrogen-bond donors (Lipinski definition) is 1. The monoisotopic (exact) mass is 362 g/mol. The molecule has 2 saturated heterocycles. The predicted molar refractivity (Wildman–Crippen MR) is 93.5 cm³/mol. The third-order valence-corrected chi connectivity index (χ3v) is 5.59. The fourth-order valence-electron chi connectivity index (χ4n) is 3.82. The number of rotatable bonds is 3. The average molecular weight is 363 g/mol. The summed E-state index contributed by atoms with van der Waals surface area (Å²) < 4.78 is 6.03. The molecule has 0 spiro atoms. The molecule has 0 radical (unpaired) electrons. The first-order chi connectivity index (χ1) is 11.6. The van der Waals surface area contributed by atoms with E-state index in [9.17, 15) is 4.79 Å². The van der Waals surface area contributed by atoms with Crippen molar-refractivity contribution in [2.24, 2.45) is 5.92 Å². The Bertz CT molecular complexity index is 769. The number of carbonyl (C=O) groups excluding carboxylic acids is 1. The van der Waals surface area contributed by atoms with E-state index in [1.165, 1.54) is 0 Å². The summed E-state index contributed by atoms with van der Waals surface area (Å²) in [5, 5.41) is 3.84. The standard InChI is InChI=1S/C18H16Cl2N2O2/c19-12-2-1-11(9-13(12)20)22-18(23)17-15-4-3-14(24-15)16(17)10-5-7-21-8-6-10/h1-2,5-9,14-17H,3-4H2,(H,22,23)/t14-,15+,16+,17-/m0/s1. The van der Waals surface area contributed by atoms with Gasteiger partial charge in [0.1, 0.15) is 0 Å². The third-order valence-electron chi connectivity index (χ3n) is 4.85. The van der Waals surface area contributed by atoms with Crippen molar-refractivity contribution in [2.75, 3.05) is 5.32 Å². The van der Waals surface area contributed by atoms with Gasteiger partial charge < -0.3 is 10.1 Å². The van der Waals surface area contributed by atoms with E-state index in [1.54, 1.807) is 30.6 Å². The lowest BCUT2D eigenvalue weighted by molar-refractivity contribution is -0.121. The van der Waals surface area contributed by atoms with Gasteiger partial charge in [-0.3, -0.25) is 9.78 Å². The summed E-state index contributed by atoms with van der Waals surface area (Å²) in [5.74, 6) is -0.183. The Morgan fingerprint density at radius 2 is 1.83 bits per heavy atom. The van der Waals surface area contributed by atoms with Crippen LogP contribution in [0.3, 0.4) is 0 Å². The fourth-order valence-corrected chi connectivity index (χ4v) is 4.12. The molecule has 2 aliphatic rings. The molecule has 2 bridgehead atoms. The summed E-state index contributed by atoms with van der Waals surface area (Å²) in [6.45, 7) is 0. The molecule has 1 N–H and O–H groups in total. The number of amides is 1. The van der Waals surface area contributed by atoms with Crippen LogP contribution in [0.1, 0.15) is 24.3 Å². The van der Waals surface area contributed by atoms with Crippen molar-refractivity contribution < 1.29 is 9.53 Å². The van der Waals surface area contributed by atoms with Crippen LogP contribution in [0.15, 0.2) is 42.7 Å². The Morgan fingerprint density at radius 1 is 1.08 bits per heavy atom. The Kier molecular flexibility index (Phi) is 4.21. The highest BCUT2D eigenvalue weighted by atomic mass is 35.5. The van der Waals surface area contributed by atoms with E-state index < -0.39 is 0 Å². The van der Waals surface area contributed by atoms with Gasteiger partial charge in [-0.05, 0) is 48.7 Å². The van der Waals surface area contributed by atoms with Gasteiger partial charge in [0.05, 0.1) is 28.2 Å². The van der Waals surface area contributed by atoms with Gasteiger partial charge in [-0.15, -0.1) is 0 Å². The SMILES string of the molecule is O=C(Nc1ccc(Cl)c(Cl)c1)[C@@H]1[C@H](c2ccncc2)[C@@H]2CC[C@H]1O2. The summed E-state index contributed by atoms with van der Waals surface area (Å²) in [4.78, 5) is 17.0. The summed E-state index contributed by atoms with van der Waals surface area (Å²) in [7, 11) is 0. The number of nitrogens with zero attached hydrogens (tertiary/aromatic N) is 1. The molecule has 24 heavy (non-hydrogen) atoms. The molecule has 124 valence electrons. The van der Waals surface area contributed by atoms with Crippen molar-refractivity contribution in [3.63, 3.8) is 0 Å². The van der Waals surface area contributed by atoms with E-state index in [2.05, 4.69) is 10.3 Å². The second kappa shape index (κ2) is 6.36. The number of pyridine rings is 1. The highest BCUT2D eigenvalue weighted by molar-refractivity contribution is 6.42. The number of aromatic nitrogens is 1. The first-order valence-electron chi connectivity index (χ1n) is 7.95. The van der Waals surface area contributed by atoms with Crippen molar-refractivity contribution >= 4 is 34.8 Å². The molecule has 1 amide bonds. The van der Waals surface area contributed by atoms with Gasteiger partial charge in [0, 0.05) is 24.0 Å². The van der Waals surface area contributed by atoms with Crippen molar-refractivity contribution in [1.82, 2.24) is 4.98 Å². The van der Waals surface area contributed by atoms with Crippen LogP contribution in [-0.4, -0.2) is 23.1 Å². The summed E-state index contributed by atoms with van der Waals surface area (Å²) in [6.07, 6.45) is 5.50. The highest BCUT2D eigenvalue weighted by Gasteiger charge is 2.52. The molecule has 4 atom stereocenters. The lowest BCUT2D eigenvalue weighted by Crippen LogP contribution is -2.36. The maximum absolute atomic E-state index is 12.9. The van der Waals surface area contributed by atoms with E-state index in [1.807, 2.05) is 12.1 Å². The summed E-state index contributed by atoms with van der Waals surface area (Å²) >= 11 is 12.0. The number of carbonyl (C=O) groups is 1.